The minimum absolute atomic E-state index is 0.0469. The molecule has 0 aromatic carbocycles. The third kappa shape index (κ3) is 2.86. The summed E-state index contributed by atoms with van der Waals surface area (Å²) in [6, 6.07) is 2.11. The fourth-order valence-electron chi connectivity index (χ4n) is 2.87. The number of nitrogens with zero attached hydrogens (tertiary/aromatic N) is 3. The number of rotatable bonds is 2. The smallest absolute Gasteiger partial charge is 0.367 e. The molecule has 1 aliphatic rings. The molecule has 2 atom stereocenters. The molecule has 0 saturated heterocycles. The van der Waals surface area contributed by atoms with Crippen LogP contribution in [0.5, 0.6) is 0 Å². The van der Waals surface area contributed by atoms with Gasteiger partial charge in [0.15, 0.2) is 5.65 Å². The quantitative estimate of drug-likeness (QED) is 0.865. The fourth-order valence-corrected chi connectivity index (χ4v) is 2.87. The van der Waals surface area contributed by atoms with E-state index in [2.05, 4.69) is 21.3 Å². The second kappa shape index (κ2) is 5.52. The van der Waals surface area contributed by atoms with Crippen LogP contribution in [0.15, 0.2) is 18.5 Å². The Kier molecular flexibility index (Phi) is 3.69. The number of pyridine rings is 1. The van der Waals surface area contributed by atoms with Crippen LogP contribution < -0.4 is 5.32 Å². The first kappa shape index (κ1) is 14.7. The number of hydrogen-bond acceptors (Lipinski definition) is 3. The Hall–Kier alpha value is -2.23. The lowest BCUT2D eigenvalue weighted by Gasteiger charge is -2.28. The first-order valence-electron chi connectivity index (χ1n) is 7.11. The Labute approximate surface area is 125 Å². The van der Waals surface area contributed by atoms with E-state index in [1.165, 1.54) is 10.8 Å². The zero-order chi connectivity index (χ0) is 15.7. The molecule has 1 fully saturated rings. The van der Waals surface area contributed by atoms with Crippen molar-refractivity contribution >= 4 is 11.5 Å². The maximum absolute atomic E-state index is 13.0. The molecule has 2 heterocycles. The minimum atomic E-state index is -4.42. The molecule has 7 heteroatoms. The monoisotopic (exact) mass is 308 g/mol. The number of hydrogen-bond donors (Lipinski definition) is 1. The van der Waals surface area contributed by atoms with Crippen molar-refractivity contribution in [2.45, 2.75) is 37.9 Å². The summed E-state index contributed by atoms with van der Waals surface area (Å²) in [7, 11) is 0. The standard InChI is InChI=1S/C15H15F3N4/c1-2-10-4-3-5-12(6-10)21-14-8-11(15(16,17)18)7-13-19-9-20-22(13)14/h1,7-10,12,21H,3-6H2/t10-,12+/m0/s1. The van der Waals surface area contributed by atoms with Crippen LogP contribution in [0, 0.1) is 18.3 Å². The van der Waals surface area contributed by atoms with E-state index in [0.717, 1.165) is 37.8 Å². The molecule has 22 heavy (non-hydrogen) atoms. The normalized spacial score (nSPS) is 22.5. The van der Waals surface area contributed by atoms with Crippen molar-refractivity contribution in [3.63, 3.8) is 0 Å². The van der Waals surface area contributed by atoms with Gasteiger partial charge in [0.2, 0.25) is 0 Å². The highest BCUT2D eigenvalue weighted by molar-refractivity contribution is 5.53. The molecule has 0 bridgehead atoms. The third-order valence-corrected chi connectivity index (χ3v) is 3.97. The van der Waals surface area contributed by atoms with Crippen LogP contribution in [-0.4, -0.2) is 20.6 Å². The second-order valence-electron chi connectivity index (χ2n) is 5.53. The van der Waals surface area contributed by atoms with E-state index in [-0.39, 0.29) is 17.6 Å². The van der Waals surface area contributed by atoms with Crippen molar-refractivity contribution in [2.75, 3.05) is 5.32 Å². The Morgan fingerprint density at radius 2 is 2.14 bits per heavy atom. The Balaban J connectivity index is 1.92. The van der Waals surface area contributed by atoms with E-state index >= 15 is 0 Å². The fraction of sp³-hybridized carbons (Fsp3) is 0.467. The molecule has 116 valence electrons. The first-order chi connectivity index (χ1) is 10.5. The first-order valence-corrected chi connectivity index (χ1v) is 7.11. The molecule has 0 spiro atoms. The minimum Gasteiger partial charge on any atom is -0.367 e. The van der Waals surface area contributed by atoms with E-state index in [0.29, 0.717) is 5.82 Å². The topological polar surface area (TPSA) is 42.2 Å². The SMILES string of the molecule is C#C[C@H]1CCC[C@@H](Nc2cc(C(F)(F)F)cc3ncnn23)C1. The van der Waals surface area contributed by atoms with Gasteiger partial charge in [-0.15, -0.1) is 12.3 Å². The average molecular weight is 308 g/mol. The summed E-state index contributed by atoms with van der Waals surface area (Å²) in [6.07, 6.45) is 5.85. The van der Waals surface area contributed by atoms with Crippen LogP contribution >= 0.6 is 0 Å². The van der Waals surface area contributed by atoms with Gasteiger partial charge in [-0.3, -0.25) is 0 Å². The molecule has 1 N–H and O–H groups in total. The summed E-state index contributed by atoms with van der Waals surface area (Å²) < 4.78 is 40.3. The van der Waals surface area contributed by atoms with Crippen LogP contribution in [0.3, 0.4) is 0 Å². The van der Waals surface area contributed by atoms with E-state index in [1.807, 2.05) is 0 Å². The Morgan fingerprint density at radius 1 is 1.32 bits per heavy atom. The van der Waals surface area contributed by atoms with E-state index in [4.69, 9.17) is 6.42 Å². The summed E-state index contributed by atoms with van der Waals surface area (Å²) in [5.41, 5.74) is -0.568. The molecular formula is C15H15F3N4. The van der Waals surface area contributed by atoms with E-state index < -0.39 is 11.7 Å². The maximum atomic E-state index is 13.0. The number of terminal acetylenes is 1. The van der Waals surface area contributed by atoms with Crippen molar-refractivity contribution in [2.24, 2.45) is 5.92 Å². The zero-order valence-corrected chi connectivity index (χ0v) is 11.8. The zero-order valence-electron chi connectivity index (χ0n) is 11.8. The van der Waals surface area contributed by atoms with Gasteiger partial charge in [-0.25, -0.2) is 4.98 Å². The molecule has 0 radical (unpaired) electrons. The Morgan fingerprint density at radius 3 is 2.86 bits per heavy atom. The highest BCUT2D eigenvalue weighted by Crippen LogP contribution is 2.33. The molecule has 0 amide bonds. The molecule has 0 aliphatic heterocycles. The molecule has 4 nitrogen and oxygen atoms in total. The molecule has 1 aliphatic carbocycles. The van der Waals surface area contributed by atoms with Crippen molar-refractivity contribution in [3.8, 4) is 12.3 Å². The summed E-state index contributed by atoms with van der Waals surface area (Å²) >= 11 is 0. The molecule has 3 rings (SSSR count). The van der Waals surface area contributed by atoms with Gasteiger partial charge in [0, 0.05) is 12.0 Å². The molecular weight excluding hydrogens is 293 g/mol. The average Bonchev–Trinajstić information content (AvgIpc) is 2.95. The largest absolute Gasteiger partial charge is 0.416 e. The van der Waals surface area contributed by atoms with E-state index in [1.54, 1.807) is 0 Å². The second-order valence-corrected chi connectivity index (χ2v) is 5.53. The van der Waals surface area contributed by atoms with Gasteiger partial charge in [-0.2, -0.15) is 22.8 Å². The van der Waals surface area contributed by atoms with Crippen LogP contribution in [-0.2, 0) is 6.18 Å². The van der Waals surface area contributed by atoms with Crippen LogP contribution in [0.2, 0.25) is 0 Å². The van der Waals surface area contributed by atoms with E-state index in [9.17, 15) is 13.2 Å². The van der Waals surface area contributed by atoms with Gasteiger partial charge < -0.3 is 5.32 Å². The van der Waals surface area contributed by atoms with Crippen LogP contribution in [0.4, 0.5) is 19.0 Å². The number of aromatic nitrogens is 3. The number of halogens is 3. The van der Waals surface area contributed by atoms with Gasteiger partial charge in [0.1, 0.15) is 12.1 Å². The number of fused-ring (bicyclic) bond motifs is 1. The number of alkyl halides is 3. The van der Waals surface area contributed by atoms with Crippen LogP contribution in [0.1, 0.15) is 31.2 Å². The number of anilines is 1. The van der Waals surface area contributed by atoms with Crippen molar-refractivity contribution in [1.82, 2.24) is 14.6 Å². The maximum Gasteiger partial charge on any atom is 0.416 e. The lowest BCUT2D eigenvalue weighted by molar-refractivity contribution is -0.137. The molecule has 2 aromatic rings. The molecule has 0 unspecified atom stereocenters. The van der Waals surface area contributed by atoms with Crippen molar-refractivity contribution in [3.05, 3.63) is 24.0 Å². The lowest BCUT2D eigenvalue weighted by Crippen LogP contribution is -2.28. The van der Waals surface area contributed by atoms with Gasteiger partial charge in [0.05, 0.1) is 5.56 Å². The van der Waals surface area contributed by atoms with Gasteiger partial charge >= 0.3 is 6.18 Å². The highest BCUT2D eigenvalue weighted by atomic mass is 19.4. The van der Waals surface area contributed by atoms with Crippen LogP contribution in [0.25, 0.3) is 5.65 Å². The predicted molar refractivity (Wildman–Crippen MR) is 76.2 cm³/mol. The van der Waals surface area contributed by atoms with Gasteiger partial charge in [-0.1, -0.05) is 6.42 Å². The number of nitrogens with one attached hydrogen (secondary N) is 1. The third-order valence-electron chi connectivity index (χ3n) is 3.97. The predicted octanol–water partition coefficient (Wildman–Crippen LogP) is 3.35. The highest BCUT2D eigenvalue weighted by Gasteiger charge is 2.32. The van der Waals surface area contributed by atoms with Crippen molar-refractivity contribution in [1.29, 1.82) is 0 Å². The Bertz CT molecular complexity index is 714. The van der Waals surface area contributed by atoms with Gasteiger partial charge in [-0.05, 0) is 31.4 Å². The summed E-state index contributed by atoms with van der Waals surface area (Å²) in [5.74, 6) is 3.20. The lowest BCUT2D eigenvalue weighted by atomic mass is 9.86. The summed E-state index contributed by atoms with van der Waals surface area (Å²) in [4.78, 5) is 3.86. The molecule has 2 aromatic heterocycles. The molecule has 1 saturated carbocycles. The van der Waals surface area contributed by atoms with Gasteiger partial charge in [0.25, 0.3) is 0 Å². The van der Waals surface area contributed by atoms with Crippen molar-refractivity contribution < 1.29 is 13.2 Å². The summed E-state index contributed by atoms with van der Waals surface area (Å²) in [6.45, 7) is 0. The summed E-state index contributed by atoms with van der Waals surface area (Å²) in [5, 5.41) is 7.13.